The number of rotatable bonds is 4. The third-order valence-corrected chi connectivity index (χ3v) is 4.31. The van der Waals surface area contributed by atoms with Gasteiger partial charge < -0.3 is 9.84 Å². The normalized spacial score (nSPS) is 17.9. The lowest BCUT2D eigenvalue weighted by molar-refractivity contribution is -0.135. The van der Waals surface area contributed by atoms with Gasteiger partial charge in [0.05, 0.1) is 9.92 Å². The Labute approximate surface area is 115 Å². The highest BCUT2D eigenvalue weighted by Gasteiger charge is 2.26. The number of carboxylic acids is 1. The molecule has 2 rings (SSSR count). The van der Waals surface area contributed by atoms with E-state index in [0.29, 0.717) is 17.7 Å². The van der Waals surface area contributed by atoms with Crippen molar-refractivity contribution in [3.8, 4) is 5.75 Å². The molecule has 0 fully saturated rings. The fraction of sp³-hybridized carbons (Fsp3) is 0.364. The fourth-order valence-corrected chi connectivity index (χ4v) is 3.25. The second-order valence-electron chi connectivity index (χ2n) is 4.24. The van der Waals surface area contributed by atoms with Crippen LogP contribution in [0.1, 0.15) is 12.5 Å². The van der Waals surface area contributed by atoms with Crippen LogP contribution in [0.15, 0.2) is 17.0 Å². The zero-order chi connectivity index (χ0) is 14.2. The number of aliphatic carboxylic acids is 1. The maximum Gasteiger partial charge on any atom is 0.318 e. The van der Waals surface area contributed by atoms with E-state index >= 15 is 0 Å². The third kappa shape index (κ3) is 2.99. The molecule has 0 bridgehead atoms. The van der Waals surface area contributed by atoms with Crippen molar-refractivity contribution < 1.29 is 23.1 Å². The molecule has 1 atom stereocenters. The van der Waals surface area contributed by atoms with Crippen LogP contribution in [-0.4, -0.2) is 32.1 Å². The van der Waals surface area contributed by atoms with Gasteiger partial charge >= 0.3 is 5.97 Å². The van der Waals surface area contributed by atoms with Gasteiger partial charge in [-0.3, -0.25) is 4.79 Å². The summed E-state index contributed by atoms with van der Waals surface area (Å²) in [7, 11) is -3.89. The molecule has 104 valence electrons. The van der Waals surface area contributed by atoms with Gasteiger partial charge in [-0.15, -0.1) is 0 Å². The largest absolute Gasteiger partial charge is 0.489 e. The smallest absolute Gasteiger partial charge is 0.318 e. The lowest BCUT2D eigenvalue weighted by atomic mass is 10.1. The van der Waals surface area contributed by atoms with Crippen LogP contribution in [0.5, 0.6) is 5.75 Å². The van der Waals surface area contributed by atoms with Gasteiger partial charge in [-0.2, -0.15) is 4.72 Å². The van der Waals surface area contributed by atoms with Gasteiger partial charge in [-0.25, -0.2) is 8.42 Å². The number of benzene rings is 1. The monoisotopic (exact) mass is 305 g/mol. The van der Waals surface area contributed by atoms with Crippen molar-refractivity contribution in [2.75, 3.05) is 6.54 Å². The van der Waals surface area contributed by atoms with Crippen molar-refractivity contribution in [1.82, 2.24) is 4.72 Å². The number of hydrogen-bond acceptors (Lipinski definition) is 4. The first-order chi connectivity index (χ1) is 8.79. The lowest BCUT2D eigenvalue weighted by Gasteiger charge is -2.08. The third-order valence-electron chi connectivity index (χ3n) is 2.64. The molecule has 1 aliphatic rings. The van der Waals surface area contributed by atoms with Crippen LogP contribution in [0.2, 0.25) is 5.02 Å². The van der Waals surface area contributed by atoms with E-state index in [0.717, 1.165) is 0 Å². The van der Waals surface area contributed by atoms with Crippen LogP contribution in [-0.2, 0) is 21.2 Å². The van der Waals surface area contributed by atoms with Crippen LogP contribution in [0.4, 0.5) is 0 Å². The number of halogens is 1. The molecule has 1 unspecified atom stereocenters. The molecular weight excluding hydrogens is 294 g/mol. The molecule has 0 aromatic heterocycles. The van der Waals surface area contributed by atoms with E-state index in [1.54, 1.807) is 0 Å². The maximum absolute atomic E-state index is 11.9. The number of sulfonamides is 1. The molecule has 0 amide bonds. The molecule has 1 aromatic carbocycles. The van der Waals surface area contributed by atoms with E-state index in [2.05, 4.69) is 0 Å². The summed E-state index contributed by atoms with van der Waals surface area (Å²) in [4.78, 5) is 10.3. The zero-order valence-electron chi connectivity index (χ0n) is 10.0. The van der Waals surface area contributed by atoms with E-state index < -0.39 is 22.5 Å². The minimum atomic E-state index is -3.89. The van der Waals surface area contributed by atoms with Crippen molar-refractivity contribution >= 4 is 27.6 Å². The minimum Gasteiger partial charge on any atom is -0.489 e. The highest BCUT2D eigenvalue weighted by atomic mass is 35.5. The molecule has 1 aliphatic heterocycles. The second-order valence-corrected chi connectivity index (χ2v) is 6.42. The molecule has 6 nitrogen and oxygen atoms in total. The van der Waals surface area contributed by atoms with Gasteiger partial charge in [0.25, 0.3) is 0 Å². The molecule has 8 heteroatoms. The number of carboxylic acid groups (broad SMARTS) is 1. The summed E-state index contributed by atoms with van der Waals surface area (Å²) in [6.45, 7) is 1.18. The summed E-state index contributed by atoms with van der Waals surface area (Å²) in [6, 6.07) is 2.71. The summed E-state index contributed by atoms with van der Waals surface area (Å²) >= 11 is 5.98. The molecular formula is C11H12ClNO5S. The van der Waals surface area contributed by atoms with Crippen LogP contribution in [0.3, 0.4) is 0 Å². The van der Waals surface area contributed by atoms with Gasteiger partial charge in [0.1, 0.15) is 18.4 Å². The number of ether oxygens (including phenoxy) is 1. The second kappa shape index (κ2) is 4.99. The highest BCUT2D eigenvalue weighted by Crippen LogP contribution is 2.37. The summed E-state index contributed by atoms with van der Waals surface area (Å²) in [5.74, 6) is -0.765. The molecule has 1 heterocycles. The SMILES string of the molecule is CC1Cc2cc(S(=O)(=O)NCC(=O)O)cc(Cl)c2O1. The Morgan fingerprint density at radius 3 is 2.89 bits per heavy atom. The maximum atomic E-state index is 11.9. The molecule has 19 heavy (non-hydrogen) atoms. The molecule has 0 radical (unpaired) electrons. The molecule has 1 aromatic rings. The van der Waals surface area contributed by atoms with Crippen molar-refractivity contribution in [3.63, 3.8) is 0 Å². The predicted octanol–water partition coefficient (Wildman–Crippen LogP) is 1.03. The first-order valence-electron chi connectivity index (χ1n) is 5.50. The van der Waals surface area contributed by atoms with E-state index in [1.807, 2.05) is 11.6 Å². The Kier molecular flexibility index (Phi) is 3.71. The van der Waals surface area contributed by atoms with Gasteiger partial charge in [0, 0.05) is 12.0 Å². The van der Waals surface area contributed by atoms with E-state index in [4.69, 9.17) is 21.4 Å². The van der Waals surface area contributed by atoms with Crippen molar-refractivity contribution in [1.29, 1.82) is 0 Å². The van der Waals surface area contributed by atoms with Gasteiger partial charge in [0.2, 0.25) is 10.0 Å². The summed E-state index contributed by atoms with van der Waals surface area (Å²) < 4.78 is 31.2. The molecule has 0 saturated carbocycles. The lowest BCUT2D eigenvalue weighted by Crippen LogP contribution is -2.29. The Bertz CT molecular complexity index is 628. The topological polar surface area (TPSA) is 92.7 Å². The summed E-state index contributed by atoms with van der Waals surface area (Å²) in [5, 5.41) is 8.70. The van der Waals surface area contributed by atoms with Crippen LogP contribution < -0.4 is 9.46 Å². The first kappa shape index (κ1) is 14.1. The predicted molar refractivity (Wildman–Crippen MR) is 68.1 cm³/mol. The van der Waals surface area contributed by atoms with Gasteiger partial charge in [-0.1, -0.05) is 11.6 Å². The molecule has 0 aliphatic carbocycles. The summed E-state index contributed by atoms with van der Waals surface area (Å²) in [6.07, 6.45) is 0.509. The fourth-order valence-electron chi connectivity index (χ4n) is 1.85. The minimum absolute atomic E-state index is 0.0579. The van der Waals surface area contributed by atoms with Crippen molar-refractivity contribution in [2.45, 2.75) is 24.3 Å². The van der Waals surface area contributed by atoms with Crippen molar-refractivity contribution in [2.24, 2.45) is 0 Å². The van der Waals surface area contributed by atoms with Gasteiger partial charge in [0.15, 0.2) is 0 Å². The van der Waals surface area contributed by atoms with Gasteiger partial charge in [-0.05, 0) is 19.1 Å². The number of carbonyl (C=O) groups is 1. The molecule has 2 N–H and O–H groups in total. The van der Waals surface area contributed by atoms with E-state index in [9.17, 15) is 13.2 Å². The Morgan fingerprint density at radius 1 is 1.58 bits per heavy atom. The van der Waals surface area contributed by atoms with Crippen LogP contribution in [0.25, 0.3) is 0 Å². The van der Waals surface area contributed by atoms with E-state index in [-0.39, 0.29) is 16.0 Å². The van der Waals surface area contributed by atoms with E-state index in [1.165, 1.54) is 12.1 Å². The molecule has 0 saturated heterocycles. The number of hydrogen-bond donors (Lipinski definition) is 2. The number of nitrogens with one attached hydrogen (secondary N) is 1. The average molecular weight is 306 g/mol. The quantitative estimate of drug-likeness (QED) is 0.866. The standard InChI is InChI=1S/C11H12ClNO5S/c1-6-2-7-3-8(4-9(12)11(7)18-6)19(16,17)13-5-10(14)15/h3-4,6,13H,2,5H2,1H3,(H,14,15). The Hall–Kier alpha value is -1.31. The van der Waals surface area contributed by atoms with Crippen LogP contribution >= 0.6 is 11.6 Å². The first-order valence-corrected chi connectivity index (χ1v) is 7.36. The highest BCUT2D eigenvalue weighted by molar-refractivity contribution is 7.89. The van der Waals surface area contributed by atoms with Crippen molar-refractivity contribution in [3.05, 3.63) is 22.7 Å². The molecule has 0 spiro atoms. The Balaban J connectivity index is 2.34. The average Bonchev–Trinajstić information content (AvgIpc) is 2.68. The Morgan fingerprint density at radius 2 is 2.26 bits per heavy atom. The number of fused-ring (bicyclic) bond motifs is 1. The zero-order valence-corrected chi connectivity index (χ0v) is 11.6. The summed E-state index contributed by atoms with van der Waals surface area (Å²) in [5.41, 5.74) is 0.704. The van der Waals surface area contributed by atoms with Crippen LogP contribution in [0, 0.1) is 0 Å².